The average molecular weight is 454 g/mol. The van der Waals surface area contributed by atoms with Gasteiger partial charge in [-0.3, -0.25) is 0 Å². The van der Waals surface area contributed by atoms with Crippen molar-refractivity contribution in [2.45, 2.75) is 30.8 Å². The fourth-order valence-corrected chi connectivity index (χ4v) is 4.63. The van der Waals surface area contributed by atoms with E-state index in [1.54, 1.807) is 13.2 Å². The summed E-state index contributed by atoms with van der Waals surface area (Å²) in [5, 5.41) is 7.23. The molecule has 0 spiro atoms. The molecule has 3 atom stereocenters. The molecule has 1 saturated carbocycles. The molecule has 8 nitrogen and oxygen atoms in total. The van der Waals surface area contributed by atoms with E-state index in [1.807, 2.05) is 54.6 Å². The highest BCUT2D eigenvalue weighted by Crippen LogP contribution is 2.63. The number of ether oxygens (including phenoxy) is 2. The van der Waals surface area contributed by atoms with Gasteiger partial charge in [0, 0.05) is 42.3 Å². The Bertz CT molecular complexity index is 1350. The summed E-state index contributed by atoms with van der Waals surface area (Å²) in [6.07, 6.45) is 3.53. The lowest BCUT2D eigenvalue weighted by atomic mass is 10.1. The highest BCUT2D eigenvalue weighted by Gasteiger charge is 2.62. The maximum atomic E-state index is 10.9. The van der Waals surface area contributed by atoms with Crippen LogP contribution in [0.5, 0.6) is 17.2 Å². The Balaban J connectivity index is 1.24. The predicted molar refractivity (Wildman–Crippen MR) is 124 cm³/mol. The van der Waals surface area contributed by atoms with Crippen molar-refractivity contribution in [3.8, 4) is 28.6 Å². The van der Waals surface area contributed by atoms with E-state index in [1.165, 1.54) is 0 Å². The van der Waals surface area contributed by atoms with Gasteiger partial charge in [-0.05, 0) is 30.7 Å². The van der Waals surface area contributed by atoms with Crippen LogP contribution in [0.4, 0.5) is 5.82 Å². The number of carbonyl (C=O) groups is 1. The van der Waals surface area contributed by atoms with Gasteiger partial charge in [-0.15, -0.1) is 0 Å². The molecule has 8 heteroatoms. The molecular formula is C26H22N4O4. The van der Waals surface area contributed by atoms with Crippen molar-refractivity contribution in [1.29, 1.82) is 0 Å². The molecule has 2 aromatic heterocycles. The molecule has 2 aliphatic rings. The lowest BCUT2D eigenvalue weighted by Gasteiger charge is -2.15. The molecule has 0 bridgehead atoms. The minimum Gasteiger partial charge on any atom is -0.489 e. The van der Waals surface area contributed by atoms with Gasteiger partial charge in [0.05, 0.1) is 5.92 Å². The minimum atomic E-state index is -0.00528. The quantitative estimate of drug-likeness (QED) is 0.381. The number of fused-ring (bicyclic) bond motifs is 3. The molecular weight excluding hydrogens is 432 g/mol. The van der Waals surface area contributed by atoms with Gasteiger partial charge in [0.15, 0.2) is 0 Å². The first kappa shape index (κ1) is 20.4. The minimum absolute atomic E-state index is 0.00528. The van der Waals surface area contributed by atoms with Crippen molar-refractivity contribution in [3.63, 3.8) is 0 Å². The largest absolute Gasteiger partial charge is 0.489 e. The Morgan fingerprint density at radius 2 is 2.00 bits per heavy atom. The van der Waals surface area contributed by atoms with Gasteiger partial charge >= 0.3 is 0 Å². The van der Waals surface area contributed by atoms with E-state index in [0.29, 0.717) is 41.9 Å². The Labute approximate surface area is 195 Å². The molecule has 1 fully saturated rings. The molecule has 4 aromatic rings. The lowest BCUT2D eigenvalue weighted by Crippen LogP contribution is -2.02. The molecule has 0 amide bonds. The first-order valence-corrected chi connectivity index (χ1v) is 11.2. The summed E-state index contributed by atoms with van der Waals surface area (Å²) in [4.78, 5) is 19.9. The average Bonchev–Trinajstić information content (AvgIpc) is 3.19. The molecule has 3 heterocycles. The fourth-order valence-electron chi connectivity index (χ4n) is 4.63. The van der Waals surface area contributed by atoms with E-state index in [9.17, 15) is 4.79 Å². The summed E-state index contributed by atoms with van der Waals surface area (Å²) in [5.41, 5.74) is 2.86. The zero-order valence-corrected chi connectivity index (χ0v) is 18.5. The zero-order valence-electron chi connectivity index (χ0n) is 18.5. The molecule has 3 unspecified atom stereocenters. The van der Waals surface area contributed by atoms with E-state index in [4.69, 9.17) is 14.0 Å². The van der Waals surface area contributed by atoms with E-state index in [0.717, 1.165) is 28.7 Å². The molecule has 34 heavy (non-hydrogen) atoms. The van der Waals surface area contributed by atoms with Crippen LogP contribution in [0, 0.1) is 0 Å². The molecule has 6 rings (SSSR count). The van der Waals surface area contributed by atoms with Crippen LogP contribution in [-0.2, 0) is 11.2 Å². The number of rotatable bonds is 8. The van der Waals surface area contributed by atoms with Crippen LogP contribution >= 0.6 is 0 Å². The molecule has 1 aliphatic heterocycles. The summed E-state index contributed by atoms with van der Waals surface area (Å²) >= 11 is 0. The fraction of sp³-hybridized carbons (Fsp3) is 0.231. The van der Waals surface area contributed by atoms with Crippen LogP contribution in [0.25, 0.3) is 11.4 Å². The van der Waals surface area contributed by atoms with E-state index in [2.05, 4.69) is 20.4 Å². The summed E-state index contributed by atoms with van der Waals surface area (Å²) in [7, 11) is 1.80. The highest BCUT2D eigenvalue weighted by atomic mass is 16.5. The molecule has 0 saturated heterocycles. The standard InChI is InChI=1S/C26H22N4O4/c1-27-25-17(8-5-13-31)20(11-12-28-25)32-16-9-10-19-18(14-16)21-22(23(21)33-19)26-29-24(30-34-26)15-6-3-2-4-7-15/h2-4,6-7,9-14,21-23H,5,8H2,1H3,(H,27,28). The van der Waals surface area contributed by atoms with Gasteiger partial charge in [-0.1, -0.05) is 35.5 Å². The summed E-state index contributed by atoms with van der Waals surface area (Å²) < 4.78 is 18.0. The lowest BCUT2D eigenvalue weighted by molar-refractivity contribution is -0.107. The van der Waals surface area contributed by atoms with Crippen LogP contribution < -0.4 is 14.8 Å². The topological polar surface area (TPSA) is 99.4 Å². The van der Waals surface area contributed by atoms with Crippen molar-refractivity contribution in [2.24, 2.45) is 0 Å². The van der Waals surface area contributed by atoms with Crippen LogP contribution in [-0.4, -0.2) is 34.6 Å². The summed E-state index contributed by atoms with van der Waals surface area (Å²) in [6, 6.07) is 17.4. The molecule has 2 aromatic carbocycles. The second kappa shape index (κ2) is 8.30. The maximum absolute atomic E-state index is 10.9. The number of pyridine rings is 1. The maximum Gasteiger partial charge on any atom is 0.234 e. The van der Waals surface area contributed by atoms with E-state index in [-0.39, 0.29) is 17.9 Å². The Kier molecular flexibility index (Phi) is 4.98. The number of aromatic nitrogens is 3. The summed E-state index contributed by atoms with van der Waals surface area (Å²) in [6.45, 7) is 0. The van der Waals surface area contributed by atoms with Crippen molar-refractivity contribution < 1.29 is 18.8 Å². The second-order valence-electron chi connectivity index (χ2n) is 8.35. The molecule has 1 N–H and O–H groups in total. The SMILES string of the molecule is CNc1nccc(Oc2ccc3c(c2)C2C(O3)C2c2nc(-c3ccccc3)no2)c1CCC=O. The van der Waals surface area contributed by atoms with Crippen LogP contribution in [0.2, 0.25) is 0 Å². The Hall–Kier alpha value is -4.20. The highest BCUT2D eigenvalue weighted by molar-refractivity contribution is 5.59. The third-order valence-electron chi connectivity index (χ3n) is 6.31. The Morgan fingerprint density at radius 1 is 1.12 bits per heavy atom. The van der Waals surface area contributed by atoms with Gasteiger partial charge in [0.2, 0.25) is 11.7 Å². The van der Waals surface area contributed by atoms with Gasteiger partial charge in [-0.2, -0.15) is 4.98 Å². The first-order valence-electron chi connectivity index (χ1n) is 11.2. The summed E-state index contributed by atoms with van der Waals surface area (Å²) in [5.74, 6) is 4.30. The van der Waals surface area contributed by atoms with E-state index >= 15 is 0 Å². The van der Waals surface area contributed by atoms with E-state index < -0.39 is 0 Å². The van der Waals surface area contributed by atoms with Crippen molar-refractivity contribution in [1.82, 2.24) is 15.1 Å². The first-order chi connectivity index (χ1) is 16.8. The monoisotopic (exact) mass is 454 g/mol. The van der Waals surface area contributed by atoms with Gasteiger partial charge in [0.1, 0.15) is 35.5 Å². The van der Waals surface area contributed by atoms with Gasteiger partial charge in [0.25, 0.3) is 0 Å². The van der Waals surface area contributed by atoms with Crippen molar-refractivity contribution >= 4 is 12.1 Å². The number of hydrogen-bond donors (Lipinski definition) is 1. The van der Waals surface area contributed by atoms with Gasteiger partial charge in [-0.25, -0.2) is 4.98 Å². The third-order valence-corrected chi connectivity index (χ3v) is 6.31. The molecule has 0 radical (unpaired) electrons. The zero-order chi connectivity index (χ0) is 23.1. The number of carbonyl (C=O) groups excluding carboxylic acids is 1. The molecule has 170 valence electrons. The Morgan fingerprint density at radius 3 is 2.82 bits per heavy atom. The van der Waals surface area contributed by atoms with Crippen LogP contribution in [0.3, 0.4) is 0 Å². The van der Waals surface area contributed by atoms with Crippen LogP contribution in [0.15, 0.2) is 65.3 Å². The number of nitrogens with zero attached hydrogens (tertiary/aromatic N) is 3. The third kappa shape index (κ3) is 3.48. The van der Waals surface area contributed by atoms with Gasteiger partial charge < -0.3 is 24.1 Å². The number of aldehydes is 1. The van der Waals surface area contributed by atoms with Crippen molar-refractivity contribution in [3.05, 3.63) is 77.8 Å². The van der Waals surface area contributed by atoms with Crippen LogP contribution in [0.1, 0.15) is 35.3 Å². The predicted octanol–water partition coefficient (Wildman–Crippen LogP) is 4.74. The van der Waals surface area contributed by atoms with Crippen molar-refractivity contribution in [2.75, 3.05) is 12.4 Å². The normalized spacial score (nSPS) is 19.6. The number of anilines is 1. The molecule has 1 aliphatic carbocycles. The number of benzene rings is 2. The number of nitrogens with one attached hydrogen (secondary N) is 1. The second-order valence-corrected chi connectivity index (χ2v) is 8.35. The smallest absolute Gasteiger partial charge is 0.234 e. The number of hydrogen-bond acceptors (Lipinski definition) is 8.